The van der Waals surface area contributed by atoms with Crippen LogP contribution in [0.3, 0.4) is 0 Å². The van der Waals surface area contributed by atoms with Crippen LogP contribution >= 0.6 is 0 Å². The molecule has 0 saturated heterocycles. The van der Waals surface area contributed by atoms with E-state index in [0.717, 1.165) is 18.3 Å². The van der Waals surface area contributed by atoms with Crippen molar-refractivity contribution in [3.05, 3.63) is 12.2 Å². The summed E-state index contributed by atoms with van der Waals surface area (Å²) in [6.07, 6.45) is 8.55. The standard InChI is InChI=1S/C15H24O/c1-11(2)12-5-7-14(3)8-6-13(16)10-15(14,4)9-12/h6,8,11-12H,5,7,9-10H2,1-4H3. The Morgan fingerprint density at radius 2 is 2.06 bits per heavy atom. The first-order chi connectivity index (χ1) is 7.36. The lowest BCUT2D eigenvalue weighted by Gasteiger charge is -2.53. The lowest BCUT2D eigenvalue weighted by atomic mass is 9.51. The monoisotopic (exact) mass is 220 g/mol. The fourth-order valence-electron chi connectivity index (χ4n) is 3.55. The minimum Gasteiger partial charge on any atom is -0.295 e. The molecule has 2 aliphatic carbocycles. The van der Waals surface area contributed by atoms with Gasteiger partial charge in [0.15, 0.2) is 5.78 Å². The van der Waals surface area contributed by atoms with E-state index in [2.05, 4.69) is 33.8 Å². The molecule has 3 unspecified atom stereocenters. The Morgan fingerprint density at radius 3 is 2.69 bits per heavy atom. The molecule has 2 rings (SSSR count). The van der Waals surface area contributed by atoms with Crippen molar-refractivity contribution in [3.8, 4) is 0 Å². The van der Waals surface area contributed by atoms with Gasteiger partial charge in [-0.25, -0.2) is 0 Å². The Kier molecular flexibility index (Phi) is 2.76. The topological polar surface area (TPSA) is 17.1 Å². The minimum atomic E-state index is 0.200. The van der Waals surface area contributed by atoms with Crippen molar-refractivity contribution in [3.63, 3.8) is 0 Å². The molecule has 90 valence electrons. The lowest BCUT2D eigenvalue weighted by molar-refractivity contribution is -0.121. The number of allylic oxidation sites excluding steroid dienone is 2. The van der Waals surface area contributed by atoms with Gasteiger partial charge in [0.2, 0.25) is 0 Å². The zero-order chi connectivity index (χ0) is 12.0. The van der Waals surface area contributed by atoms with E-state index in [0.29, 0.717) is 5.78 Å². The van der Waals surface area contributed by atoms with Crippen molar-refractivity contribution >= 4 is 5.78 Å². The van der Waals surface area contributed by atoms with E-state index in [-0.39, 0.29) is 10.8 Å². The van der Waals surface area contributed by atoms with E-state index in [4.69, 9.17) is 0 Å². The van der Waals surface area contributed by atoms with Gasteiger partial charge in [0.25, 0.3) is 0 Å². The van der Waals surface area contributed by atoms with Gasteiger partial charge in [-0.2, -0.15) is 0 Å². The molecule has 0 N–H and O–H groups in total. The fourth-order valence-corrected chi connectivity index (χ4v) is 3.55. The largest absolute Gasteiger partial charge is 0.295 e. The molecule has 0 aromatic heterocycles. The fraction of sp³-hybridized carbons (Fsp3) is 0.800. The van der Waals surface area contributed by atoms with Crippen LogP contribution in [0.1, 0.15) is 53.4 Å². The Balaban J connectivity index is 2.27. The van der Waals surface area contributed by atoms with E-state index in [1.54, 1.807) is 0 Å². The number of hydrogen-bond acceptors (Lipinski definition) is 1. The highest BCUT2D eigenvalue weighted by Crippen LogP contribution is 2.57. The van der Waals surface area contributed by atoms with E-state index in [1.807, 2.05) is 6.08 Å². The van der Waals surface area contributed by atoms with Crippen molar-refractivity contribution in [1.82, 2.24) is 0 Å². The maximum atomic E-state index is 11.7. The number of carbonyl (C=O) groups is 1. The van der Waals surface area contributed by atoms with Crippen molar-refractivity contribution in [2.45, 2.75) is 53.4 Å². The van der Waals surface area contributed by atoms with Gasteiger partial charge in [0.05, 0.1) is 0 Å². The summed E-state index contributed by atoms with van der Waals surface area (Å²) in [6, 6.07) is 0. The molecule has 16 heavy (non-hydrogen) atoms. The summed E-state index contributed by atoms with van der Waals surface area (Å²) in [5.74, 6) is 1.88. The predicted molar refractivity (Wildman–Crippen MR) is 67.2 cm³/mol. The van der Waals surface area contributed by atoms with Gasteiger partial charge < -0.3 is 0 Å². The summed E-state index contributed by atoms with van der Waals surface area (Å²) < 4.78 is 0. The molecule has 1 fully saturated rings. The van der Waals surface area contributed by atoms with Gasteiger partial charge in [0.1, 0.15) is 0 Å². The molecule has 0 aromatic rings. The first-order valence-corrected chi connectivity index (χ1v) is 6.58. The van der Waals surface area contributed by atoms with Crippen LogP contribution in [-0.4, -0.2) is 5.78 Å². The first kappa shape index (κ1) is 11.9. The van der Waals surface area contributed by atoms with E-state index in [1.165, 1.54) is 19.3 Å². The van der Waals surface area contributed by atoms with Gasteiger partial charge in [-0.05, 0) is 48.0 Å². The van der Waals surface area contributed by atoms with Crippen LogP contribution in [0.4, 0.5) is 0 Å². The molecule has 0 amide bonds. The second kappa shape index (κ2) is 3.72. The summed E-state index contributed by atoms with van der Waals surface area (Å²) in [5, 5.41) is 0. The van der Waals surface area contributed by atoms with E-state index < -0.39 is 0 Å². The molecule has 0 bridgehead atoms. The average molecular weight is 220 g/mol. The van der Waals surface area contributed by atoms with Crippen LogP contribution in [0.5, 0.6) is 0 Å². The van der Waals surface area contributed by atoms with Crippen LogP contribution in [0.2, 0.25) is 0 Å². The van der Waals surface area contributed by atoms with E-state index >= 15 is 0 Å². The molecular weight excluding hydrogens is 196 g/mol. The molecule has 3 atom stereocenters. The van der Waals surface area contributed by atoms with Crippen LogP contribution in [0.25, 0.3) is 0 Å². The Morgan fingerprint density at radius 1 is 1.38 bits per heavy atom. The zero-order valence-corrected chi connectivity index (χ0v) is 11.0. The molecule has 0 heterocycles. The predicted octanol–water partition coefficient (Wildman–Crippen LogP) is 3.98. The maximum Gasteiger partial charge on any atom is 0.155 e. The van der Waals surface area contributed by atoms with Crippen LogP contribution in [0.15, 0.2) is 12.2 Å². The van der Waals surface area contributed by atoms with Gasteiger partial charge in [-0.1, -0.05) is 33.8 Å². The molecule has 0 aromatic carbocycles. The number of fused-ring (bicyclic) bond motifs is 1. The third-order valence-electron chi connectivity index (χ3n) is 5.27. The highest BCUT2D eigenvalue weighted by Gasteiger charge is 2.50. The number of rotatable bonds is 1. The highest BCUT2D eigenvalue weighted by atomic mass is 16.1. The summed E-state index contributed by atoms with van der Waals surface area (Å²) >= 11 is 0. The van der Waals surface area contributed by atoms with Gasteiger partial charge in [-0.15, -0.1) is 0 Å². The second-order valence-electron chi connectivity index (χ2n) is 6.70. The molecule has 1 saturated carbocycles. The van der Waals surface area contributed by atoms with Crippen LogP contribution < -0.4 is 0 Å². The smallest absolute Gasteiger partial charge is 0.155 e. The SMILES string of the molecule is CC(C)C1CCC2(C)C=CC(=O)CC2(C)C1. The molecule has 0 spiro atoms. The van der Waals surface area contributed by atoms with Gasteiger partial charge in [0, 0.05) is 6.42 Å². The first-order valence-electron chi connectivity index (χ1n) is 6.58. The maximum absolute atomic E-state index is 11.7. The lowest BCUT2D eigenvalue weighted by Crippen LogP contribution is -2.46. The van der Waals surface area contributed by atoms with Gasteiger partial charge in [-0.3, -0.25) is 4.79 Å². The summed E-state index contributed by atoms with van der Waals surface area (Å²) in [6.45, 7) is 9.30. The van der Waals surface area contributed by atoms with Crippen molar-refractivity contribution < 1.29 is 4.79 Å². The molecule has 0 aliphatic heterocycles. The quantitative estimate of drug-likeness (QED) is 0.653. The third kappa shape index (κ3) is 1.74. The third-order valence-corrected chi connectivity index (χ3v) is 5.27. The molecule has 1 nitrogen and oxygen atoms in total. The minimum absolute atomic E-state index is 0.200. The Hall–Kier alpha value is -0.590. The molecular formula is C15H24O. The Bertz CT molecular complexity index is 328. The normalized spacial score (nSPS) is 43.6. The highest BCUT2D eigenvalue weighted by molar-refractivity contribution is 5.91. The van der Waals surface area contributed by atoms with Crippen molar-refractivity contribution in [2.24, 2.45) is 22.7 Å². The molecule has 1 heteroatoms. The second-order valence-corrected chi connectivity index (χ2v) is 6.70. The summed E-state index contributed by atoms with van der Waals surface area (Å²) in [4.78, 5) is 11.7. The summed E-state index contributed by atoms with van der Waals surface area (Å²) in [5.41, 5.74) is 0.457. The average Bonchev–Trinajstić information content (AvgIpc) is 2.18. The summed E-state index contributed by atoms with van der Waals surface area (Å²) in [7, 11) is 0. The zero-order valence-electron chi connectivity index (χ0n) is 11.0. The van der Waals surface area contributed by atoms with Gasteiger partial charge >= 0.3 is 0 Å². The van der Waals surface area contributed by atoms with Crippen LogP contribution in [-0.2, 0) is 4.79 Å². The van der Waals surface area contributed by atoms with Crippen LogP contribution in [0, 0.1) is 22.7 Å². The Labute approximate surface area is 99.3 Å². The molecule has 2 aliphatic rings. The van der Waals surface area contributed by atoms with E-state index in [9.17, 15) is 4.79 Å². The number of ketones is 1. The number of hydrogen-bond donors (Lipinski definition) is 0. The number of carbonyl (C=O) groups excluding carboxylic acids is 1. The van der Waals surface area contributed by atoms with Crippen molar-refractivity contribution in [1.29, 1.82) is 0 Å². The van der Waals surface area contributed by atoms with Crippen molar-refractivity contribution in [2.75, 3.05) is 0 Å². The molecule has 0 radical (unpaired) electrons.